The lowest BCUT2D eigenvalue weighted by Crippen LogP contribution is -2.26. The van der Waals surface area contributed by atoms with E-state index in [1.54, 1.807) is 10.7 Å². The van der Waals surface area contributed by atoms with E-state index in [2.05, 4.69) is 15.3 Å². The lowest BCUT2D eigenvalue weighted by molar-refractivity contribution is 0.0953. The number of amides is 1. The molecule has 8 heteroatoms. The Morgan fingerprint density at radius 2 is 2.15 bits per heavy atom. The molecule has 3 aromatic rings. The van der Waals surface area contributed by atoms with E-state index >= 15 is 0 Å². The van der Waals surface area contributed by atoms with Crippen molar-refractivity contribution in [2.24, 2.45) is 0 Å². The van der Waals surface area contributed by atoms with Gasteiger partial charge in [0.1, 0.15) is 11.4 Å². The van der Waals surface area contributed by atoms with Crippen LogP contribution in [-0.4, -0.2) is 45.2 Å². The summed E-state index contributed by atoms with van der Waals surface area (Å²) in [6, 6.07) is 8.00. The smallest absolute Gasteiger partial charge is 0.256 e. The van der Waals surface area contributed by atoms with Crippen molar-refractivity contribution < 1.29 is 9.53 Å². The normalized spacial score (nSPS) is 19.9. The Morgan fingerprint density at radius 1 is 1.19 bits per heavy atom. The molecule has 5 heterocycles. The van der Waals surface area contributed by atoms with Gasteiger partial charge in [0.25, 0.3) is 5.91 Å². The number of hydrogen-bond acceptors (Lipinski definition) is 6. The molecule has 0 unspecified atom stereocenters. The van der Waals surface area contributed by atoms with Crippen molar-refractivity contribution in [1.82, 2.24) is 24.9 Å². The van der Waals surface area contributed by atoms with Gasteiger partial charge in [-0.1, -0.05) is 6.07 Å². The number of fused-ring (bicyclic) bond motifs is 6. The van der Waals surface area contributed by atoms with Gasteiger partial charge in [-0.05, 0) is 31.4 Å². The predicted molar refractivity (Wildman–Crippen MR) is 99.0 cm³/mol. The topological polar surface area (TPSA) is 84.7 Å². The molecule has 0 aromatic carbocycles. The summed E-state index contributed by atoms with van der Waals surface area (Å²) in [6.07, 6.45) is 6.20. The van der Waals surface area contributed by atoms with Crippen LogP contribution in [0.25, 0.3) is 5.65 Å². The molecule has 0 radical (unpaired) electrons. The Morgan fingerprint density at radius 3 is 3.11 bits per heavy atom. The number of pyridine rings is 1. The molecule has 0 aliphatic carbocycles. The summed E-state index contributed by atoms with van der Waals surface area (Å²) in [5, 5.41) is 7.17. The second-order valence-corrected chi connectivity index (χ2v) is 6.82. The third-order valence-electron chi connectivity index (χ3n) is 5.09. The van der Waals surface area contributed by atoms with E-state index in [1.807, 2.05) is 30.5 Å². The summed E-state index contributed by atoms with van der Waals surface area (Å²) in [7, 11) is 0. The van der Waals surface area contributed by atoms with Crippen molar-refractivity contribution >= 4 is 17.4 Å². The van der Waals surface area contributed by atoms with Crippen LogP contribution >= 0.6 is 0 Å². The summed E-state index contributed by atoms with van der Waals surface area (Å²) >= 11 is 0. The van der Waals surface area contributed by atoms with Crippen molar-refractivity contribution in [3.05, 3.63) is 47.9 Å². The average molecular weight is 364 g/mol. The zero-order valence-electron chi connectivity index (χ0n) is 14.8. The molecule has 1 N–H and O–H groups in total. The van der Waals surface area contributed by atoms with E-state index < -0.39 is 0 Å². The molecular formula is C19H20N6O2. The quantitative estimate of drug-likeness (QED) is 0.657. The molecule has 0 spiro atoms. The number of aromatic nitrogens is 4. The molecule has 1 fully saturated rings. The van der Waals surface area contributed by atoms with Gasteiger partial charge in [0.05, 0.1) is 24.5 Å². The van der Waals surface area contributed by atoms with Gasteiger partial charge in [-0.25, -0.2) is 14.5 Å². The first kappa shape index (κ1) is 16.0. The van der Waals surface area contributed by atoms with Gasteiger partial charge in [-0.3, -0.25) is 4.79 Å². The molecule has 2 aliphatic heterocycles. The maximum absolute atomic E-state index is 12.5. The van der Waals surface area contributed by atoms with Gasteiger partial charge < -0.3 is 15.0 Å². The second kappa shape index (κ2) is 6.53. The number of rotatable bonds is 0. The zero-order valence-corrected chi connectivity index (χ0v) is 14.8. The van der Waals surface area contributed by atoms with Crippen LogP contribution in [0, 0.1) is 0 Å². The van der Waals surface area contributed by atoms with Crippen molar-refractivity contribution in [2.45, 2.75) is 25.3 Å². The van der Waals surface area contributed by atoms with Crippen LogP contribution in [-0.2, 0) is 0 Å². The van der Waals surface area contributed by atoms with E-state index in [-0.39, 0.29) is 11.9 Å². The van der Waals surface area contributed by atoms with Crippen molar-refractivity contribution in [1.29, 1.82) is 0 Å². The molecule has 1 saturated heterocycles. The highest BCUT2D eigenvalue weighted by Crippen LogP contribution is 2.35. The van der Waals surface area contributed by atoms with Crippen LogP contribution < -0.4 is 15.0 Å². The van der Waals surface area contributed by atoms with Crippen LogP contribution in [0.15, 0.2) is 36.7 Å². The highest BCUT2D eigenvalue weighted by atomic mass is 16.5. The first-order chi connectivity index (χ1) is 13.3. The Hall–Kier alpha value is -3.16. The highest BCUT2D eigenvalue weighted by Gasteiger charge is 2.29. The Kier molecular flexibility index (Phi) is 3.88. The van der Waals surface area contributed by atoms with Crippen LogP contribution in [0.5, 0.6) is 5.88 Å². The number of ether oxygens (including phenoxy) is 1. The van der Waals surface area contributed by atoms with Crippen LogP contribution in [0.2, 0.25) is 0 Å². The summed E-state index contributed by atoms with van der Waals surface area (Å²) in [6.45, 7) is 1.92. The minimum absolute atomic E-state index is 0.147. The summed E-state index contributed by atoms with van der Waals surface area (Å²) in [5.41, 5.74) is 2.05. The first-order valence-electron chi connectivity index (χ1n) is 9.28. The predicted octanol–water partition coefficient (Wildman–Crippen LogP) is 1.98. The minimum Gasteiger partial charge on any atom is -0.478 e. The van der Waals surface area contributed by atoms with Gasteiger partial charge in [0.15, 0.2) is 5.65 Å². The van der Waals surface area contributed by atoms with Gasteiger partial charge >= 0.3 is 0 Å². The molecule has 0 saturated carbocycles. The van der Waals surface area contributed by atoms with E-state index in [4.69, 9.17) is 14.7 Å². The largest absolute Gasteiger partial charge is 0.478 e. The molecule has 4 bridgehead atoms. The zero-order chi connectivity index (χ0) is 18.2. The monoisotopic (exact) mass is 364 g/mol. The number of nitrogens with one attached hydrogen (secondary N) is 1. The Labute approximate surface area is 156 Å². The fourth-order valence-corrected chi connectivity index (χ4v) is 3.77. The summed E-state index contributed by atoms with van der Waals surface area (Å²) < 4.78 is 7.42. The molecule has 2 aliphatic rings. The lowest BCUT2D eigenvalue weighted by atomic mass is 10.1. The van der Waals surface area contributed by atoms with E-state index in [0.29, 0.717) is 36.7 Å². The first-order valence-corrected chi connectivity index (χ1v) is 9.28. The van der Waals surface area contributed by atoms with Crippen LogP contribution in [0.1, 0.15) is 41.4 Å². The number of hydrogen-bond donors (Lipinski definition) is 1. The van der Waals surface area contributed by atoms with Gasteiger partial charge in [0.2, 0.25) is 5.88 Å². The summed E-state index contributed by atoms with van der Waals surface area (Å²) in [5.74, 6) is 1.30. The van der Waals surface area contributed by atoms with Crippen molar-refractivity contribution in [2.75, 3.05) is 24.6 Å². The molecule has 27 heavy (non-hydrogen) atoms. The van der Waals surface area contributed by atoms with Gasteiger partial charge in [-0.2, -0.15) is 5.10 Å². The van der Waals surface area contributed by atoms with Crippen molar-refractivity contribution in [3.63, 3.8) is 0 Å². The lowest BCUT2D eigenvalue weighted by Gasteiger charge is -2.25. The number of carbonyl (C=O) groups is 1. The Bertz CT molecular complexity index is 1000. The molecule has 1 atom stereocenters. The number of nitrogens with zero attached hydrogens (tertiary/aromatic N) is 5. The molecule has 5 rings (SSSR count). The fraction of sp³-hybridized carbons (Fsp3) is 0.368. The maximum atomic E-state index is 12.5. The average Bonchev–Trinajstić information content (AvgIpc) is 3.34. The van der Waals surface area contributed by atoms with Crippen molar-refractivity contribution in [3.8, 4) is 5.88 Å². The molecular weight excluding hydrogens is 344 g/mol. The van der Waals surface area contributed by atoms with Crippen LogP contribution in [0.4, 0.5) is 5.82 Å². The molecule has 138 valence electrons. The van der Waals surface area contributed by atoms with E-state index in [0.717, 1.165) is 30.9 Å². The standard InChI is InChI=1S/C19H20N6O2/c26-19-13-12-21-25-10-7-16(23-18(13)25)24-9-2-5-15(24)14-4-1-6-17(22-14)27-11-3-8-20-19/h1,4,6-7,10,12,15H,2-3,5,8-9,11H2,(H,20,26)/t15-/m1/s1. The van der Waals surface area contributed by atoms with E-state index in [1.165, 1.54) is 0 Å². The molecule has 1 amide bonds. The van der Waals surface area contributed by atoms with Gasteiger partial charge in [-0.15, -0.1) is 0 Å². The number of carbonyl (C=O) groups excluding carboxylic acids is 1. The molecule has 3 aromatic heterocycles. The third-order valence-corrected chi connectivity index (χ3v) is 5.09. The molecule has 8 nitrogen and oxygen atoms in total. The van der Waals surface area contributed by atoms with Gasteiger partial charge in [0, 0.05) is 25.4 Å². The maximum Gasteiger partial charge on any atom is 0.256 e. The number of anilines is 1. The Balaban J connectivity index is 1.62. The highest BCUT2D eigenvalue weighted by molar-refractivity contribution is 5.99. The minimum atomic E-state index is -0.166. The van der Waals surface area contributed by atoms with Crippen LogP contribution in [0.3, 0.4) is 0 Å². The second-order valence-electron chi connectivity index (χ2n) is 6.82. The SMILES string of the molecule is O=C1NCCCOc2cccc(n2)[C@H]2CCCN2c2ccn3ncc1c3n2. The summed E-state index contributed by atoms with van der Waals surface area (Å²) in [4.78, 5) is 24.3. The fourth-order valence-electron chi connectivity index (χ4n) is 3.77. The van der Waals surface area contributed by atoms with E-state index in [9.17, 15) is 4.79 Å². The third kappa shape index (κ3) is 2.87.